The largest absolute Gasteiger partial charge is 0.404 e. The van der Waals surface area contributed by atoms with E-state index in [1.807, 2.05) is 0 Å². The van der Waals surface area contributed by atoms with Crippen molar-refractivity contribution in [3.63, 3.8) is 0 Å². The quantitative estimate of drug-likeness (QED) is 0.452. The molecule has 1 saturated carbocycles. The molecule has 3 rings (SSSR count). The van der Waals surface area contributed by atoms with Crippen LogP contribution in [0.15, 0.2) is 64.0 Å². The fourth-order valence-corrected chi connectivity index (χ4v) is 3.82. The van der Waals surface area contributed by atoms with E-state index >= 15 is 0 Å². The lowest BCUT2D eigenvalue weighted by molar-refractivity contribution is 0.495. The van der Waals surface area contributed by atoms with Gasteiger partial charge in [0.1, 0.15) is 5.84 Å². The molecule has 0 aromatic heterocycles. The Morgan fingerprint density at radius 2 is 2.12 bits per heavy atom. The van der Waals surface area contributed by atoms with Gasteiger partial charge in [0.15, 0.2) is 0 Å². The van der Waals surface area contributed by atoms with Crippen molar-refractivity contribution >= 4 is 17.3 Å². The molecule has 1 fully saturated rings. The number of amidine groups is 1. The van der Waals surface area contributed by atoms with Crippen LogP contribution in [0.25, 0.3) is 0 Å². The Morgan fingerprint density at radius 1 is 1.35 bits per heavy atom. The van der Waals surface area contributed by atoms with Crippen LogP contribution in [0.5, 0.6) is 0 Å². The average molecular weight is 346 g/mol. The van der Waals surface area contributed by atoms with E-state index < -0.39 is 5.92 Å². The van der Waals surface area contributed by atoms with Crippen molar-refractivity contribution in [2.75, 3.05) is 0 Å². The maximum atomic E-state index is 9.95. The summed E-state index contributed by atoms with van der Waals surface area (Å²) in [6.45, 7) is 4.17. The number of nitrogens with zero attached hydrogens (tertiary/aromatic N) is 2. The van der Waals surface area contributed by atoms with E-state index in [0.29, 0.717) is 22.4 Å². The van der Waals surface area contributed by atoms with Gasteiger partial charge in [-0.25, -0.2) is 4.99 Å². The first-order chi connectivity index (χ1) is 12.5. The Hall–Kier alpha value is -3.20. The predicted molar refractivity (Wildman–Crippen MR) is 104 cm³/mol. The SMILES string of the molecule is C=C1CCCCC1C1=C(C#N)C(C2=CC=CC(=N)C2=N)/C(=C/N)C(N)=N1. The molecule has 0 radical (unpaired) electrons. The van der Waals surface area contributed by atoms with E-state index in [-0.39, 0.29) is 23.2 Å². The first-order valence-electron chi connectivity index (χ1n) is 8.63. The first kappa shape index (κ1) is 17.6. The normalized spacial score (nSPS) is 28.1. The number of nitriles is 1. The maximum absolute atomic E-state index is 9.95. The molecule has 0 spiro atoms. The third kappa shape index (κ3) is 2.82. The molecule has 0 amide bonds. The Morgan fingerprint density at radius 3 is 2.77 bits per heavy atom. The lowest BCUT2D eigenvalue weighted by atomic mass is 9.73. The highest BCUT2D eigenvalue weighted by molar-refractivity contribution is 6.51. The van der Waals surface area contributed by atoms with Crippen LogP contribution in [0.1, 0.15) is 25.7 Å². The van der Waals surface area contributed by atoms with E-state index in [1.54, 1.807) is 18.2 Å². The lowest BCUT2D eigenvalue weighted by Crippen LogP contribution is -2.34. The smallest absolute Gasteiger partial charge is 0.129 e. The lowest BCUT2D eigenvalue weighted by Gasteiger charge is -2.33. The molecule has 1 aliphatic heterocycles. The number of hydrogen-bond donors (Lipinski definition) is 4. The van der Waals surface area contributed by atoms with Crippen molar-refractivity contribution in [1.29, 1.82) is 16.1 Å². The van der Waals surface area contributed by atoms with E-state index in [9.17, 15) is 5.26 Å². The van der Waals surface area contributed by atoms with Gasteiger partial charge < -0.3 is 11.5 Å². The van der Waals surface area contributed by atoms with Gasteiger partial charge in [0.2, 0.25) is 0 Å². The van der Waals surface area contributed by atoms with Gasteiger partial charge in [-0.3, -0.25) is 10.8 Å². The second kappa shape index (κ2) is 6.96. The molecular formula is C20H22N6. The minimum atomic E-state index is -0.579. The van der Waals surface area contributed by atoms with Crippen molar-refractivity contribution in [1.82, 2.24) is 0 Å². The predicted octanol–water partition coefficient (Wildman–Crippen LogP) is 2.88. The van der Waals surface area contributed by atoms with Gasteiger partial charge >= 0.3 is 0 Å². The highest BCUT2D eigenvalue weighted by atomic mass is 14.9. The number of nitrogens with two attached hydrogens (primary N) is 2. The summed E-state index contributed by atoms with van der Waals surface area (Å²) in [5.74, 6) is -0.322. The van der Waals surface area contributed by atoms with Crippen LogP contribution in [-0.4, -0.2) is 17.3 Å². The van der Waals surface area contributed by atoms with Gasteiger partial charge in [-0.2, -0.15) is 5.26 Å². The van der Waals surface area contributed by atoms with E-state index in [4.69, 9.17) is 22.3 Å². The summed E-state index contributed by atoms with van der Waals surface area (Å²) in [4.78, 5) is 4.52. The second-order valence-corrected chi connectivity index (χ2v) is 6.69. The van der Waals surface area contributed by atoms with Gasteiger partial charge in [-0.1, -0.05) is 30.7 Å². The highest BCUT2D eigenvalue weighted by Crippen LogP contribution is 2.42. The van der Waals surface area contributed by atoms with Crippen molar-refractivity contribution in [3.05, 3.63) is 59.0 Å². The fraction of sp³-hybridized carbons (Fsp3) is 0.300. The van der Waals surface area contributed by atoms with Gasteiger partial charge in [-0.05, 0) is 30.9 Å². The summed E-state index contributed by atoms with van der Waals surface area (Å²) in [6, 6.07) is 2.29. The Balaban J connectivity index is 2.19. The van der Waals surface area contributed by atoms with Gasteiger partial charge in [0.25, 0.3) is 0 Å². The van der Waals surface area contributed by atoms with Crippen molar-refractivity contribution < 1.29 is 0 Å². The number of hydrogen-bond acceptors (Lipinski definition) is 6. The van der Waals surface area contributed by atoms with Gasteiger partial charge in [0.05, 0.1) is 34.7 Å². The first-order valence-corrected chi connectivity index (χ1v) is 8.63. The minimum Gasteiger partial charge on any atom is -0.404 e. The molecule has 3 aliphatic rings. The maximum Gasteiger partial charge on any atom is 0.129 e. The molecule has 6 heteroatoms. The molecule has 2 unspecified atom stereocenters. The van der Waals surface area contributed by atoms with E-state index in [0.717, 1.165) is 31.3 Å². The summed E-state index contributed by atoms with van der Waals surface area (Å²) >= 11 is 0. The van der Waals surface area contributed by atoms with E-state index in [2.05, 4.69) is 17.6 Å². The number of rotatable bonds is 2. The molecule has 6 N–H and O–H groups in total. The topological polar surface area (TPSA) is 136 Å². The Labute approximate surface area is 153 Å². The van der Waals surface area contributed by atoms with Crippen LogP contribution >= 0.6 is 0 Å². The summed E-state index contributed by atoms with van der Waals surface area (Å²) in [7, 11) is 0. The summed E-state index contributed by atoms with van der Waals surface area (Å²) < 4.78 is 0. The fourth-order valence-electron chi connectivity index (χ4n) is 3.82. The molecule has 2 aliphatic carbocycles. The number of allylic oxidation sites excluding steroid dienone is 6. The number of nitrogens with one attached hydrogen (secondary N) is 2. The highest BCUT2D eigenvalue weighted by Gasteiger charge is 2.37. The summed E-state index contributed by atoms with van der Waals surface area (Å²) in [5.41, 5.74) is 15.4. The molecule has 0 aromatic carbocycles. The van der Waals surface area contributed by atoms with Crippen molar-refractivity contribution in [2.45, 2.75) is 25.7 Å². The molecule has 0 aromatic rings. The zero-order valence-electron chi connectivity index (χ0n) is 14.5. The monoisotopic (exact) mass is 346 g/mol. The molecule has 2 atom stereocenters. The van der Waals surface area contributed by atoms with Crippen LogP contribution in [-0.2, 0) is 0 Å². The molecule has 1 heterocycles. The minimum absolute atomic E-state index is 0.00728. The molecule has 0 bridgehead atoms. The molecule has 6 nitrogen and oxygen atoms in total. The summed E-state index contributed by atoms with van der Waals surface area (Å²) in [6.07, 6.45) is 10.3. The summed E-state index contributed by atoms with van der Waals surface area (Å²) in [5, 5.41) is 26.2. The zero-order chi connectivity index (χ0) is 18.8. The Kier molecular flexibility index (Phi) is 4.72. The standard InChI is InChI=1S/C20H22N6/c1-11-5-2-3-6-12(11)19-14(9-21)17(15(10-22)20(25)26-19)13-7-4-8-16(23)18(13)24/h4,7-8,10,12,17,23-24H,1-3,5-6,22H2,(H2,25,26)/b15-10-,23-16?,24-18?. The van der Waals surface area contributed by atoms with Crippen molar-refractivity contribution in [2.24, 2.45) is 28.3 Å². The zero-order valence-corrected chi connectivity index (χ0v) is 14.5. The third-order valence-electron chi connectivity index (χ3n) is 5.18. The van der Waals surface area contributed by atoms with Crippen LogP contribution in [0.4, 0.5) is 0 Å². The average Bonchev–Trinajstić information content (AvgIpc) is 2.63. The third-order valence-corrected chi connectivity index (χ3v) is 5.18. The van der Waals surface area contributed by atoms with Crippen LogP contribution in [0, 0.1) is 34.0 Å². The van der Waals surface area contributed by atoms with Crippen LogP contribution in [0.3, 0.4) is 0 Å². The Bertz CT molecular complexity index is 888. The van der Waals surface area contributed by atoms with Gasteiger partial charge in [0, 0.05) is 17.7 Å². The molecule has 0 saturated heterocycles. The van der Waals surface area contributed by atoms with Crippen molar-refractivity contribution in [3.8, 4) is 6.07 Å². The van der Waals surface area contributed by atoms with Crippen LogP contribution in [0.2, 0.25) is 0 Å². The van der Waals surface area contributed by atoms with E-state index in [1.165, 1.54) is 6.20 Å². The molecule has 26 heavy (non-hydrogen) atoms. The van der Waals surface area contributed by atoms with Crippen LogP contribution < -0.4 is 11.5 Å². The van der Waals surface area contributed by atoms with Gasteiger partial charge in [-0.15, -0.1) is 0 Å². The second-order valence-electron chi connectivity index (χ2n) is 6.69. The number of aliphatic imine (C=N–C) groups is 1. The molecule has 132 valence electrons. The molecular weight excluding hydrogens is 324 g/mol.